The molecule has 3 rings (SSSR count). The monoisotopic (exact) mass is 287 g/mol. The fourth-order valence-corrected chi connectivity index (χ4v) is 2.28. The van der Waals surface area contributed by atoms with Crippen molar-refractivity contribution in [2.75, 3.05) is 0 Å². The van der Waals surface area contributed by atoms with E-state index in [-0.39, 0.29) is 5.56 Å². The van der Waals surface area contributed by atoms with Crippen LogP contribution >= 0.6 is 11.6 Å². The van der Waals surface area contributed by atoms with Crippen LogP contribution in [0.4, 0.5) is 0 Å². The number of fused-ring (bicyclic) bond motifs is 1. The lowest BCUT2D eigenvalue weighted by atomic mass is 10.0. The number of hydrogen-bond donors (Lipinski definition) is 1. The molecule has 2 heterocycles. The van der Waals surface area contributed by atoms with Crippen molar-refractivity contribution in [1.82, 2.24) is 4.98 Å². The average Bonchev–Trinajstić information content (AvgIpc) is 2.96. The van der Waals surface area contributed by atoms with Gasteiger partial charge in [-0.25, -0.2) is 9.78 Å². The number of aromatic carboxylic acids is 1. The molecule has 0 radical (unpaired) electrons. The van der Waals surface area contributed by atoms with Crippen LogP contribution in [0.3, 0.4) is 0 Å². The fourth-order valence-electron chi connectivity index (χ4n) is 2.13. The Hall–Kier alpha value is -2.33. The summed E-state index contributed by atoms with van der Waals surface area (Å²) in [4.78, 5) is 15.9. The first-order valence-corrected chi connectivity index (χ1v) is 6.33. The van der Waals surface area contributed by atoms with Crippen LogP contribution in [-0.2, 0) is 0 Å². The van der Waals surface area contributed by atoms with Crippen molar-refractivity contribution in [3.63, 3.8) is 0 Å². The van der Waals surface area contributed by atoms with Crippen molar-refractivity contribution in [2.45, 2.75) is 6.92 Å². The number of nitrogens with zero attached hydrogens (tertiary/aromatic N) is 1. The summed E-state index contributed by atoms with van der Waals surface area (Å²) < 4.78 is 5.28. The first-order chi connectivity index (χ1) is 9.58. The first kappa shape index (κ1) is 12.7. The fraction of sp³-hybridized carbons (Fsp3) is 0.0667. The van der Waals surface area contributed by atoms with Gasteiger partial charge in [-0.3, -0.25) is 0 Å². The van der Waals surface area contributed by atoms with Crippen LogP contribution < -0.4 is 0 Å². The number of carboxylic acids is 1. The van der Waals surface area contributed by atoms with Crippen LogP contribution in [0, 0.1) is 6.92 Å². The molecule has 0 saturated heterocycles. The molecule has 0 unspecified atom stereocenters. The van der Waals surface area contributed by atoms with Gasteiger partial charge in [0.2, 0.25) is 0 Å². The second-order valence-electron chi connectivity index (χ2n) is 4.41. The molecule has 0 aliphatic rings. The summed E-state index contributed by atoms with van der Waals surface area (Å²) in [7, 11) is 0. The van der Waals surface area contributed by atoms with Crippen molar-refractivity contribution in [1.29, 1.82) is 0 Å². The van der Waals surface area contributed by atoms with Crippen molar-refractivity contribution in [3.8, 4) is 11.5 Å². The van der Waals surface area contributed by atoms with Crippen LogP contribution in [0.2, 0.25) is 5.02 Å². The van der Waals surface area contributed by atoms with Crippen molar-refractivity contribution < 1.29 is 14.3 Å². The number of carbonyl (C=O) groups is 1. The van der Waals surface area contributed by atoms with E-state index in [1.54, 1.807) is 24.3 Å². The van der Waals surface area contributed by atoms with Gasteiger partial charge in [0, 0.05) is 10.4 Å². The number of hydrogen-bond acceptors (Lipinski definition) is 3. The minimum absolute atomic E-state index is 0.182. The molecule has 20 heavy (non-hydrogen) atoms. The molecule has 0 saturated carbocycles. The third kappa shape index (κ3) is 1.94. The summed E-state index contributed by atoms with van der Waals surface area (Å²) in [6, 6.07) is 8.33. The summed E-state index contributed by atoms with van der Waals surface area (Å²) in [5.41, 5.74) is 1.98. The highest BCUT2D eigenvalue weighted by atomic mass is 35.5. The van der Waals surface area contributed by atoms with Crippen LogP contribution in [-0.4, -0.2) is 16.1 Å². The molecule has 0 aliphatic carbocycles. The van der Waals surface area contributed by atoms with Crippen molar-refractivity contribution in [2.24, 2.45) is 0 Å². The second kappa shape index (κ2) is 4.65. The van der Waals surface area contributed by atoms with Crippen LogP contribution in [0.5, 0.6) is 0 Å². The Balaban J connectivity index is 2.41. The lowest BCUT2D eigenvalue weighted by molar-refractivity contribution is 0.0699. The minimum Gasteiger partial charge on any atom is -0.478 e. The minimum atomic E-state index is -1.01. The highest BCUT2D eigenvalue weighted by Gasteiger charge is 2.16. The number of pyridine rings is 1. The number of aromatic nitrogens is 1. The van der Waals surface area contributed by atoms with Gasteiger partial charge in [0.05, 0.1) is 17.3 Å². The van der Waals surface area contributed by atoms with Gasteiger partial charge in [-0.1, -0.05) is 17.7 Å². The molecule has 1 N–H and O–H groups in total. The number of rotatable bonds is 2. The van der Waals surface area contributed by atoms with Crippen LogP contribution in [0.1, 0.15) is 15.9 Å². The molecule has 0 spiro atoms. The summed E-state index contributed by atoms with van der Waals surface area (Å²) >= 11 is 6.09. The zero-order valence-electron chi connectivity index (χ0n) is 10.6. The van der Waals surface area contributed by atoms with E-state index in [9.17, 15) is 9.90 Å². The zero-order valence-corrected chi connectivity index (χ0v) is 11.3. The number of aryl methyl sites for hydroxylation is 1. The number of benzene rings is 1. The summed E-state index contributed by atoms with van der Waals surface area (Å²) in [5.74, 6) is -0.485. The second-order valence-corrected chi connectivity index (χ2v) is 4.81. The third-order valence-corrected chi connectivity index (χ3v) is 3.58. The Morgan fingerprint density at radius 3 is 2.80 bits per heavy atom. The predicted molar refractivity (Wildman–Crippen MR) is 76.2 cm³/mol. The van der Waals surface area contributed by atoms with Gasteiger partial charge < -0.3 is 9.52 Å². The molecule has 0 amide bonds. The molecule has 4 nitrogen and oxygen atoms in total. The summed E-state index contributed by atoms with van der Waals surface area (Å²) in [6.45, 7) is 1.81. The zero-order chi connectivity index (χ0) is 14.3. The van der Waals surface area contributed by atoms with Gasteiger partial charge in [0.1, 0.15) is 5.69 Å². The number of furan rings is 1. The quantitative estimate of drug-likeness (QED) is 0.769. The van der Waals surface area contributed by atoms with Gasteiger partial charge in [-0.05, 0) is 36.8 Å². The molecule has 5 heteroatoms. The van der Waals surface area contributed by atoms with Crippen LogP contribution in [0.15, 0.2) is 41.0 Å². The largest absolute Gasteiger partial charge is 0.478 e. The predicted octanol–water partition coefficient (Wildman–Crippen LogP) is 4.15. The number of halogens is 1. The lowest BCUT2D eigenvalue weighted by Crippen LogP contribution is -2.01. The van der Waals surface area contributed by atoms with E-state index in [2.05, 4.69) is 4.98 Å². The Kier molecular flexibility index (Phi) is 2.95. The van der Waals surface area contributed by atoms with E-state index in [1.165, 1.54) is 12.3 Å². The Bertz CT molecular complexity index is 810. The smallest absolute Gasteiger partial charge is 0.336 e. The van der Waals surface area contributed by atoms with E-state index in [4.69, 9.17) is 16.0 Å². The van der Waals surface area contributed by atoms with Gasteiger partial charge in [0.25, 0.3) is 0 Å². The Labute approximate surface area is 119 Å². The van der Waals surface area contributed by atoms with E-state index in [0.29, 0.717) is 27.4 Å². The standard InChI is InChI=1S/C15H10ClNO3/c1-8-11(16)5-4-9-10(15(18)19)7-12(17-14(8)9)13-3-2-6-20-13/h2-7H,1H3,(H,18,19). The van der Waals surface area contributed by atoms with Gasteiger partial charge in [0.15, 0.2) is 5.76 Å². The van der Waals surface area contributed by atoms with Crippen molar-refractivity contribution >= 4 is 28.5 Å². The summed E-state index contributed by atoms with van der Waals surface area (Å²) in [6.07, 6.45) is 1.52. The van der Waals surface area contributed by atoms with E-state index >= 15 is 0 Å². The Morgan fingerprint density at radius 2 is 2.15 bits per heavy atom. The maximum atomic E-state index is 11.4. The Morgan fingerprint density at radius 1 is 1.35 bits per heavy atom. The highest BCUT2D eigenvalue weighted by molar-refractivity contribution is 6.32. The first-order valence-electron chi connectivity index (χ1n) is 5.95. The number of carboxylic acid groups (broad SMARTS) is 1. The molecule has 3 aromatic rings. The molecular weight excluding hydrogens is 278 g/mol. The van der Waals surface area contributed by atoms with E-state index < -0.39 is 5.97 Å². The highest BCUT2D eigenvalue weighted by Crippen LogP contribution is 2.30. The van der Waals surface area contributed by atoms with E-state index in [0.717, 1.165) is 5.56 Å². The molecule has 2 aromatic heterocycles. The third-order valence-electron chi connectivity index (χ3n) is 3.17. The molecule has 1 aromatic carbocycles. The van der Waals surface area contributed by atoms with Gasteiger partial charge >= 0.3 is 5.97 Å². The van der Waals surface area contributed by atoms with Crippen LogP contribution in [0.25, 0.3) is 22.4 Å². The molecule has 0 atom stereocenters. The van der Waals surface area contributed by atoms with Gasteiger partial charge in [-0.2, -0.15) is 0 Å². The van der Waals surface area contributed by atoms with E-state index in [1.807, 2.05) is 6.92 Å². The topological polar surface area (TPSA) is 63.3 Å². The van der Waals surface area contributed by atoms with Crippen molar-refractivity contribution in [3.05, 3.63) is 52.7 Å². The summed E-state index contributed by atoms with van der Waals surface area (Å²) in [5, 5.41) is 10.5. The molecule has 100 valence electrons. The molecule has 0 aliphatic heterocycles. The van der Waals surface area contributed by atoms with Gasteiger partial charge in [-0.15, -0.1) is 0 Å². The SMILES string of the molecule is Cc1c(Cl)ccc2c(C(=O)O)cc(-c3ccco3)nc12. The molecular formula is C15H10ClNO3. The maximum absolute atomic E-state index is 11.4. The molecule has 0 fully saturated rings. The lowest BCUT2D eigenvalue weighted by Gasteiger charge is -2.08. The average molecular weight is 288 g/mol. The maximum Gasteiger partial charge on any atom is 0.336 e. The normalized spacial score (nSPS) is 10.9. The molecule has 0 bridgehead atoms.